The molecular formula is C23H25N3O5. The average molecular weight is 423 g/mol. The van der Waals surface area contributed by atoms with Crippen molar-refractivity contribution in [1.82, 2.24) is 9.47 Å². The number of benzene rings is 1. The number of furan rings is 1. The second kappa shape index (κ2) is 8.99. The number of esters is 1. The molecular weight excluding hydrogens is 398 g/mol. The van der Waals surface area contributed by atoms with E-state index in [2.05, 4.69) is 4.90 Å². The van der Waals surface area contributed by atoms with Crippen LogP contribution in [0.3, 0.4) is 0 Å². The van der Waals surface area contributed by atoms with Gasteiger partial charge in [-0.1, -0.05) is 0 Å². The summed E-state index contributed by atoms with van der Waals surface area (Å²) in [6.07, 6.45) is 1.56. The highest BCUT2D eigenvalue weighted by Gasteiger charge is 2.25. The van der Waals surface area contributed by atoms with E-state index in [9.17, 15) is 9.59 Å². The summed E-state index contributed by atoms with van der Waals surface area (Å²) < 4.78 is 17.2. The summed E-state index contributed by atoms with van der Waals surface area (Å²) in [6, 6.07) is 14.9. The molecule has 1 aromatic carbocycles. The maximum atomic E-state index is 13.1. The Labute approximate surface area is 180 Å². The van der Waals surface area contributed by atoms with Gasteiger partial charge in [-0.05, 0) is 48.5 Å². The molecule has 1 fully saturated rings. The Morgan fingerprint density at radius 3 is 2.32 bits per heavy atom. The van der Waals surface area contributed by atoms with Crippen molar-refractivity contribution in [1.29, 1.82) is 0 Å². The summed E-state index contributed by atoms with van der Waals surface area (Å²) in [7, 11) is 2.97. The van der Waals surface area contributed by atoms with Crippen LogP contribution in [0.5, 0.6) is 5.75 Å². The van der Waals surface area contributed by atoms with Crippen LogP contribution in [0.2, 0.25) is 0 Å². The lowest BCUT2D eigenvalue weighted by Gasteiger charge is -2.36. The summed E-state index contributed by atoms with van der Waals surface area (Å²) in [5.41, 5.74) is 2.08. The van der Waals surface area contributed by atoms with Gasteiger partial charge < -0.3 is 28.3 Å². The second-order valence-corrected chi connectivity index (χ2v) is 7.22. The van der Waals surface area contributed by atoms with Crippen molar-refractivity contribution >= 4 is 17.6 Å². The number of aromatic nitrogens is 1. The highest BCUT2D eigenvalue weighted by Crippen LogP contribution is 2.25. The monoisotopic (exact) mass is 423 g/mol. The van der Waals surface area contributed by atoms with Gasteiger partial charge in [-0.2, -0.15) is 0 Å². The predicted octanol–water partition coefficient (Wildman–Crippen LogP) is 2.89. The molecule has 0 aliphatic carbocycles. The highest BCUT2D eigenvalue weighted by atomic mass is 16.5. The van der Waals surface area contributed by atoms with Crippen molar-refractivity contribution in [2.45, 2.75) is 6.54 Å². The topological polar surface area (TPSA) is 77.1 Å². The van der Waals surface area contributed by atoms with Gasteiger partial charge in [-0.3, -0.25) is 4.79 Å². The zero-order valence-electron chi connectivity index (χ0n) is 17.6. The Kier molecular flexibility index (Phi) is 5.97. The predicted molar refractivity (Wildman–Crippen MR) is 115 cm³/mol. The lowest BCUT2D eigenvalue weighted by molar-refractivity contribution is -0.132. The first-order valence-electron chi connectivity index (χ1n) is 10.1. The lowest BCUT2D eigenvalue weighted by atomic mass is 10.2. The molecule has 0 bridgehead atoms. The molecule has 0 unspecified atom stereocenters. The molecule has 2 aromatic heterocycles. The molecule has 8 nitrogen and oxygen atoms in total. The third-order valence-corrected chi connectivity index (χ3v) is 5.51. The minimum absolute atomic E-state index is 0.0377. The van der Waals surface area contributed by atoms with Crippen LogP contribution >= 0.6 is 0 Å². The molecule has 162 valence electrons. The summed E-state index contributed by atoms with van der Waals surface area (Å²) in [6.45, 7) is 2.72. The quantitative estimate of drug-likeness (QED) is 0.568. The fraction of sp³-hybridized carbons (Fsp3) is 0.304. The van der Waals surface area contributed by atoms with Crippen molar-refractivity contribution in [3.8, 4) is 17.2 Å². The van der Waals surface area contributed by atoms with E-state index in [4.69, 9.17) is 13.9 Å². The van der Waals surface area contributed by atoms with E-state index in [-0.39, 0.29) is 12.5 Å². The first kappa shape index (κ1) is 20.6. The first-order chi connectivity index (χ1) is 15.1. The fourth-order valence-corrected chi connectivity index (χ4v) is 3.80. The number of piperazine rings is 1. The smallest absolute Gasteiger partial charge is 0.354 e. The normalized spacial score (nSPS) is 13.9. The fourth-order valence-electron chi connectivity index (χ4n) is 3.80. The van der Waals surface area contributed by atoms with Gasteiger partial charge in [0.2, 0.25) is 5.91 Å². The van der Waals surface area contributed by atoms with E-state index in [1.807, 2.05) is 29.2 Å². The van der Waals surface area contributed by atoms with E-state index >= 15 is 0 Å². The third-order valence-electron chi connectivity index (χ3n) is 5.51. The molecule has 1 amide bonds. The van der Waals surface area contributed by atoms with Crippen LogP contribution in [0.25, 0.3) is 11.5 Å². The molecule has 4 rings (SSSR count). The number of carbonyl (C=O) groups is 2. The van der Waals surface area contributed by atoms with Crippen LogP contribution in [-0.2, 0) is 16.1 Å². The number of anilines is 1. The van der Waals surface area contributed by atoms with Crippen molar-refractivity contribution in [3.63, 3.8) is 0 Å². The maximum Gasteiger partial charge on any atom is 0.354 e. The Morgan fingerprint density at radius 1 is 0.968 bits per heavy atom. The molecule has 8 heteroatoms. The van der Waals surface area contributed by atoms with Gasteiger partial charge in [0.15, 0.2) is 0 Å². The van der Waals surface area contributed by atoms with Gasteiger partial charge >= 0.3 is 5.97 Å². The number of amides is 1. The molecule has 0 atom stereocenters. The van der Waals surface area contributed by atoms with Crippen molar-refractivity contribution in [2.75, 3.05) is 45.3 Å². The Bertz CT molecular complexity index is 1030. The number of hydrogen-bond donors (Lipinski definition) is 0. The van der Waals surface area contributed by atoms with E-state index in [1.165, 1.54) is 7.11 Å². The van der Waals surface area contributed by atoms with Gasteiger partial charge in [0.25, 0.3) is 0 Å². The van der Waals surface area contributed by atoms with E-state index in [0.717, 1.165) is 24.5 Å². The lowest BCUT2D eigenvalue weighted by Crippen LogP contribution is -2.49. The van der Waals surface area contributed by atoms with Gasteiger partial charge in [-0.25, -0.2) is 4.79 Å². The number of ether oxygens (including phenoxy) is 2. The zero-order chi connectivity index (χ0) is 21.8. The number of nitrogens with zero attached hydrogens (tertiary/aromatic N) is 3. The molecule has 1 saturated heterocycles. The largest absolute Gasteiger partial charge is 0.497 e. The summed E-state index contributed by atoms with van der Waals surface area (Å²) in [5.74, 6) is 0.865. The van der Waals surface area contributed by atoms with Crippen LogP contribution < -0.4 is 9.64 Å². The maximum absolute atomic E-state index is 13.1. The SMILES string of the molecule is COC(=O)c1ccc(-c2ccco2)n1CC(=O)N1CCN(c2ccc(OC)cc2)CC1. The van der Waals surface area contributed by atoms with Crippen LogP contribution in [-0.4, -0.2) is 61.7 Å². The molecule has 3 aromatic rings. The third kappa shape index (κ3) is 4.28. The minimum Gasteiger partial charge on any atom is -0.497 e. The molecule has 0 N–H and O–H groups in total. The summed E-state index contributed by atoms with van der Waals surface area (Å²) in [5, 5.41) is 0. The van der Waals surface area contributed by atoms with Gasteiger partial charge in [-0.15, -0.1) is 0 Å². The van der Waals surface area contributed by atoms with Gasteiger partial charge in [0, 0.05) is 31.9 Å². The molecule has 1 aliphatic rings. The van der Waals surface area contributed by atoms with E-state index < -0.39 is 5.97 Å². The van der Waals surface area contributed by atoms with Crippen LogP contribution in [0, 0.1) is 0 Å². The minimum atomic E-state index is -0.491. The highest BCUT2D eigenvalue weighted by molar-refractivity contribution is 5.90. The average Bonchev–Trinajstić information content (AvgIpc) is 3.49. The molecule has 1 aliphatic heterocycles. The standard InChI is InChI=1S/C23H25N3O5/c1-29-18-7-5-17(6-8-18)24-11-13-25(14-12-24)22(27)16-26-19(21-4-3-15-31-21)9-10-20(26)23(28)30-2/h3-10,15H,11-14,16H2,1-2H3. The number of hydrogen-bond acceptors (Lipinski definition) is 6. The Hall–Kier alpha value is -3.68. The Balaban J connectivity index is 1.45. The van der Waals surface area contributed by atoms with Crippen molar-refractivity contribution in [3.05, 3.63) is 60.5 Å². The zero-order valence-corrected chi connectivity index (χ0v) is 17.6. The molecule has 0 radical (unpaired) electrons. The van der Waals surface area contributed by atoms with Crippen LogP contribution in [0.4, 0.5) is 5.69 Å². The summed E-state index contributed by atoms with van der Waals surface area (Å²) in [4.78, 5) is 29.3. The number of rotatable bonds is 6. The molecule has 3 heterocycles. The molecule has 31 heavy (non-hydrogen) atoms. The first-order valence-corrected chi connectivity index (χ1v) is 10.1. The second-order valence-electron chi connectivity index (χ2n) is 7.22. The molecule has 0 saturated carbocycles. The van der Waals surface area contributed by atoms with Gasteiger partial charge in [0.05, 0.1) is 26.2 Å². The van der Waals surface area contributed by atoms with E-state index in [0.29, 0.717) is 30.2 Å². The number of carbonyl (C=O) groups excluding carboxylic acids is 2. The van der Waals surface area contributed by atoms with Crippen LogP contribution in [0.15, 0.2) is 59.2 Å². The molecule has 0 spiro atoms. The van der Waals surface area contributed by atoms with Gasteiger partial charge in [0.1, 0.15) is 23.7 Å². The van der Waals surface area contributed by atoms with Crippen LogP contribution in [0.1, 0.15) is 10.5 Å². The van der Waals surface area contributed by atoms with Crippen molar-refractivity contribution < 1.29 is 23.5 Å². The number of methoxy groups -OCH3 is 2. The van der Waals surface area contributed by atoms with Crippen molar-refractivity contribution in [2.24, 2.45) is 0 Å². The van der Waals surface area contributed by atoms with E-state index in [1.54, 1.807) is 42.2 Å². The Morgan fingerprint density at radius 2 is 1.71 bits per heavy atom. The summed E-state index contributed by atoms with van der Waals surface area (Å²) >= 11 is 0.